The third kappa shape index (κ3) is 3.69. The maximum Gasteiger partial charge on any atom is 0.255 e. The lowest BCUT2D eigenvalue weighted by atomic mass is 10.1. The van der Waals surface area contributed by atoms with Crippen LogP contribution in [0.1, 0.15) is 22.8 Å². The molecule has 0 saturated carbocycles. The predicted octanol–water partition coefficient (Wildman–Crippen LogP) is 3.23. The van der Waals surface area contributed by atoms with Gasteiger partial charge in [0.05, 0.1) is 0 Å². The van der Waals surface area contributed by atoms with Crippen LogP contribution in [0.2, 0.25) is 0 Å². The highest BCUT2D eigenvalue weighted by atomic mass is 16.2. The van der Waals surface area contributed by atoms with Crippen molar-refractivity contribution in [2.24, 2.45) is 0 Å². The molecule has 2 amide bonds. The van der Waals surface area contributed by atoms with Crippen LogP contribution in [0.25, 0.3) is 0 Å². The Morgan fingerprint density at radius 2 is 1.71 bits per heavy atom. The first-order valence-corrected chi connectivity index (χ1v) is 6.70. The SMILES string of the molecule is CC(=O)N(C)c1ccc(NC(=O)c2cccc(C)c2)cc1. The van der Waals surface area contributed by atoms with Gasteiger partial charge in [-0.15, -0.1) is 0 Å². The van der Waals surface area contributed by atoms with E-state index in [9.17, 15) is 9.59 Å². The van der Waals surface area contributed by atoms with Crippen LogP contribution in [0.4, 0.5) is 11.4 Å². The molecular formula is C17H18N2O2. The topological polar surface area (TPSA) is 49.4 Å². The van der Waals surface area contributed by atoms with Gasteiger partial charge in [0.2, 0.25) is 5.91 Å². The number of amides is 2. The molecule has 0 aliphatic rings. The smallest absolute Gasteiger partial charge is 0.255 e. The molecule has 0 fully saturated rings. The summed E-state index contributed by atoms with van der Waals surface area (Å²) >= 11 is 0. The molecule has 21 heavy (non-hydrogen) atoms. The van der Waals surface area contributed by atoms with E-state index in [-0.39, 0.29) is 11.8 Å². The Hall–Kier alpha value is -2.62. The van der Waals surface area contributed by atoms with Gasteiger partial charge in [-0.3, -0.25) is 9.59 Å². The summed E-state index contributed by atoms with van der Waals surface area (Å²) in [6.45, 7) is 3.45. The molecule has 1 N–H and O–H groups in total. The molecule has 0 atom stereocenters. The normalized spacial score (nSPS) is 10.0. The second-order valence-corrected chi connectivity index (χ2v) is 4.95. The first kappa shape index (κ1) is 14.8. The Kier molecular flexibility index (Phi) is 4.38. The molecule has 0 bridgehead atoms. The molecule has 4 heteroatoms. The highest BCUT2D eigenvalue weighted by Gasteiger charge is 2.08. The van der Waals surface area contributed by atoms with Gasteiger partial charge < -0.3 is 10.2 Å². The zero-order valence-corrected chi connectivity index (χ0v) is 12.4. The number of nitrogens with one attached hydrogen (secondary N) is 1. The van der Waals surface area contributed by atoms with Crippen LogP contribution in [-0.2, 0) is 4.79 Å². The average molecular weight is 282 g/mol. The second kappa shape index (κ2) is 6.22. The van der Waals surface area contributed by atoms with E-state index in [1.54, 1.807) is 42.3 Å². The number of carbonyl (C=O) groups excluding carboxylic acids is 2. The third-order valence-electron chi connectivity index (χ3n) is 3.27. The monoisotopic (exact) mass is 282 g/mol. The molecule has 2 aromatic carbocycles. The first-order chi connectivity index (χ1) is 9.97. The van der Waals surface area contributed by atoms with E-state index in [2.05, 4.69) is 5.32 Å². The first-order valence-electron chi connectivity index (χ1n) is 6.70. The van der Waals surface area contributed by atoms with Crippen molar-refractivity contribution in [3.05, 3.63) is 59.7 Å². The largest absolute Gasteiger partial charge is 0.322 e. The number of rotatable bonds is 3. The van der Waals surface area contributed by atoms with Crippen molar-refractivity contribution in [1.82, 2.24) is 0 Å². The zero-order chi connectivity index (χ0) is 15.4. The Bertz CT molecular complexity index is 663. The fraction of sp³-hybridized carbons (Fsp3) is 0.176. The average Bonchev–Trinajstić information content (AvgIpc) is 2.47. The zero-order valence-electron chi connectivity index (χ0n) is 12.4. The highest BCUT2D eigenvalue weighted by Crippen LogP contribution is 2.17. The summed E-state index contributed by atoms with van der Waals surface area (Å²) in [5.74, 6) is -0.182. The lowest BCUT2D eigenvalue weighted by Crippen LogP contribution is -2.22. The predicted molar refractivity (Wildman–Crippen MR) is 84.7 cm³/mol. The van der Waals surface area contributed by atoms with Gasteiger partial charge in [-0.2, -0.15) is 0 Å². The summed E-state index contributed by atoms with van der Waals surface area (Å²) in [4.78, 5) is 24.9. The standard InChI is InChI=1S/C17H18N2O2/c1-12-5-4-6-14(11-12)17(21)18-15-7-9-16(10-8-15)19(3)13(2)20/h4-11H,1-3H3,(H,18,21). The molecule has 0 aromatic heterocycles. The molecule has 0 radical (unpaired) electrons. The molecule has 0 unspecified atom stereocenters. The second-order valence-electron chi connectivity index (χ2n) is 4.95. The Morgan fingerprint density at radius 1 is 1.05 bits per heavy atom. The van der Waals surface area contributed by atoms with Crippen LogP contribution < -0.4 is 10.2 Å². The van der Waals surface area contributed by atoms with Gasteiger partial charge in [0, 0.05) is 30.9 Å². The molecule has 0 spiro atoms. The highest BCUT2D eigenvalue weighted by molar-refractivity contribution is 6.04. The van der Waals surface area contributed by atoms with E-state index in [0.29, 0.717) is 11.3 Å². The Morgan fingerprint density at radius 3 is 2.29 bits per heavy atom. The van der Waals surface area contributed by atoms with Crippen LogP contribution in [0.3, 0.4) is 0 Å². The molecule has 2 rings (SSSR count). The van der Waals surface area contributed by atoms with Crippen molar-refractivity contribution in [1.29, 1.82) is 0 Å². The Balaban J connectivity index is 2.10. The molecular weight excluding hydrogens is 264 g/mol. The van der Waals surface area contributed by atoms with Crippen LogP contribution in [0.5, 0.6) is 0 Å². The van der Waals surface area contributed by atoms with Gasteiger partial charge in [-0.25, -0.2) is 0 Å². The van der Waals surface area contributed by atoms with Gasteiger partial charge >= 0.3 is 0 Å². The van der Waals surface area contributed by atoms with E-state index >= 15 is 0 Å². The van der Waals surface area contributed by atoms with Crippen LogP contribution in [-0.4, -0.2) is 18.9 Å². The van der Waals surface area contributed by atoms with Gasteiger partial charge in [-0.05, 0) is 43.3 Å². The van der Waals surface area contributed by atoms with Crippen molar-refractivity contribution < 1.29 is 9.59 Å². The van der Waals surface area contributed by atoms with E-state index in [4.69, 9.17) is 0 Å². The molecule has 108 valence electrons. The van der Waals surface area contributed by atoms with Crippen molar-refractivity contribution in [3.63, 3.8) is 0 Å². The fourth-order valence-corrected chi connectivity index (χ4v) is 1.94. The number of hydrogen-bond acceptors (Lipinski definition) is 2. The minimum absolute atomic E-state index is 0.0356. The molecule has 4 nitrogen and oxygen atoms in total. The molecule has 0 saturated heterocycles. The maximum absolute atomic E-state index is 12.1. The maximum atomic E-state index is 12.1. The molecule has 0 aliphatic carbocycles. The van der Waals surface area contributed by atoms with E-state index in [1.807, 2.05) is 25.1 Å². The summed E-state index contributed by atoms with van der Waals surface area (Å²) in [5, 5.41) is 2.84. The van der Waals surface area contributed by atoms with Crippen molar-refractivity contribution in [2.75, 3.05) is 17.3 Å². The number of aryl methyl sites for hydroxylation is 1. The summed E-state index contributed by atoms with van der Waals surface area (Å²) in [7, 11) is 1.71. The Labute approximate surface area is 124 Å². The summed E-state index contributed by atoms with van der Waals surface area (Å²) in [5.41, 5.74) is 3.15. The number of carbonyl (C=O) groups is 2. The van der Waals surface area contributed by atoms with E-state index < -0.39 is 0 Å². The summed E-state index contributed by atoms with van der Waals surface area (Å²) in [6.07, 6.45) is 0. The van der Waals surface area contributed by atoms with Crippen molar-refractivity contribution in [2.45, 2.75) is 13.8 Å². The van der Waals surface area contributed by atoms with Crippen molar-refractivity contribution in [3.8, 4) is 0 Å². The number of anilines is 2. The van der Waals surface area contributed by atoms with Gasteiger partial charge in [0.25, 0.3) is 5.91 Å². The molecule has 0 aliphatic heterocycles. The fourth-order valence-electron chi connectivity index (χ4n) is 1.94. The number of benzene rings is 2. The van der Waals surface area contributed by atoms with Crippen LogP contribution >= 0.6 is 0 Å². The number of hydrogen-bond donors (Lipinski definition) is 1. The quantitative estimate of drug-likeness (QED) is 0.939. The van der Waals surface area contributed by atoms with Crippen molar-refractivity contribution >= 4 is 23.2 Å². The van der Waals surface area contributed by atoms with E-state index in [1.165, 1.54) is 6.92 Å². The van der Waals surface area contributed by atoms with Gasteiger partial charge in [0.1, 0.15) is 0 Å². The summed E-state index contributed by atoms with van der Waals surface area (Å²) < 4.78 is 0. The third-order valence-corrected chi connectivity index (χ3v) is 3.27. The van der Waals surface area contributed by atoms with Crippen LogP contribution in [0, 0.1) is 6.92 Å². The van der Waals surface area contributed by atoms with Gasteiger partial charge in [0.15, 0.2) is 0 Å². The lowest BCUT2D eigenvalue weighted by Gasteiger charge is -2.15. The minimum atomic E-state index is -0.147. The number of nitrogens with zero attached hydrogens (tertiary/aromatic N) is 1. The lowest BCUT2D eigenvalue weighted by molar-refractivity contribution is -0.116. The van der Waals surface area contributed by atoms with Gasteiger partial charge in [-0.1, -0.05) is 17.7 Å². The van der Waals surface area contributed by atoms with E-state index in [0.717, 1.165) is 11.3 Å². The summed E-state index contributed by atoms with van der Waals surface area (Å²) in [6, 6.07) is 14.6. The molecule has 0 heterocycles. The minimum Gasteiger partial charge on any atom is -0.322 e. The van der Waals surface area contributed by atoms with Crippen LogP contribution in [0.15, 0.2) is 48.5 Å². The molecule has 2 aromatic rings.